The maximum Gasteiger partial charge on any atom is 0.278 e. The molecule has 2 rings (SSSR count). The Bertz CT molecular complexity index is 988. The summed E-state index contributed by atoms with van der Waals surface area (Å²) in [5.74, 6) is -0.682. The van der Waals surface area contributed by atoms with Gasteiger partial charge in [-0.05, 0) is 24.6 Å². The molecule has 0 radical (unpaired) electrons. The summed E-state index contributed by atoms with van der Waals surface area (Å²) in [5.41, 5.74) is 3.32. The van der Waals surface area contributed by atoms with E-state index >= 15 is 0 Å². The van der Waals surface area contributed by atoms with Crippen molar-refractivity contribution in [3.63, 3.8) is 0 Å². The van der Waals surface area contributed by atoms with Crippen LogP contribution in [0.2, 0.25) is 0 Å². The molecule has 0 aliphatic carbocycles. The van der Waals surface area contributed by atoms with Crippen LogP contribution in [0, 0.1) is 17.0 Å². The maximum atomic E-state index is 12.1. The molecule has 9 nitrogen and oxygen atoms in total. The molecule has 0 saturated carbocycles. The Hall–Kier alpha value is -3.27. The first-order valence-electron chi connectivity index (χ1n) is 7.79. The van der Waals surface area contributed by atoms with E-state index in [4.69, 9.17) is 0 Å². The van der Waals surface area contributed by atoms with Gasteiger partial charge in [0.05, 0.1) is 28.6 Å². The lowest BCUT2D eigenvalue weighted by Crippen LogP contribution is -2.39. The summed E-state index contributed by atoms with van der Waals surface area (Å²) < 4.78 is 25.1. The normalized spacial score (nSPS) is 11.3. The van der Waals surface area contributed by atoms with Crippen molar-refractivity contribution in [2.45, 2.75) is 6.92 Å². The highest BCUT2D eigenvalue weighted by Gasteiger charge is 2.22. The zero-order valence-corrected chi connectivity index (χ0v) is 15.5. The number of carbonyl (C=O) groups excluding carboxylic acids is 1. The van der Waals surface area contributed by atoms with Crippen LogP contribution in [0.15, 0.2) is 53.6 Å². The number of sulfonamides is 1. The highest BCUT2D eigenvalue weighted by atomic mass is 32.2. The second-order valence-electron chi connectivity index (χ2n) is 5.67. The van der Waals surface area contributed by atoms with Gasteiger partial charge in [-0.15, -0.1) is 0 Å². The fourth-order valence-corrected chi connectivity index (χ4v) is 3.24. The van der Waals surface area contributed by atoms with Crippen LogP contribution in [-0.2, 0) is 14.8 Å². The summed E-state index contributed by atoms with van der Waals surface area (Å²) >= 11 is 0. The smallest absolute Gasteiger partial charge is 0.271 e. The second-order valence-corrected chi connectivity index (χ2v) is 7.57. The number of rotatable bonds is 7. The Balaban J connectivity index is 2.14. The van der Waals surface area contributed by atoms with Crippen LogP contribution in [0.25, 0.3) is 0 Å². The number of hydrogen-bond acceptors (Lipinski definition) is 6. The molecule has 0 aliphatic heterocycles. The molecule has 0 unspecified atom stereocenters. The van der Waals surface area contributed by atoms with E-state index in [-0.39, 0.29) is 11.3 Å². The van der Waals surface area contributed by atoms with Gasteiger partial charge >= 0.3 is 0 Å². The molecule has 0 atom stereocenters. The van der Waals surface area contributed by atoms with Crippen molar-refractivity contribution in [3.05, 3.63) is 69.8 Å². The third-order valence-corrected chi connectivity index (χ3v) is 4.72. The number of nitro benzene ring substituents is 1. The first-order valence-corrected chi connectivity index (χ1v) is 9.63. The highest BCUT2D eigenvalue weighted by Crippen LogP contribution is 2.21. The lowest BCUT2D eigenvalue weighted by atomic mass is 10.2. The van der Waals surface area contributed by atoms with Crippen LogP contribution in [0.3, 0.4) is 0 Å². The number of carbonyl (C=O) groups is 1. The van der Waals surface area contributed by atoms with Gasteiger partial charge in [0.1, 0.15) is 6.54 Å². The average molecular weight is 390 g/mol. The van der Waals surface area contributed by atoms with Crippen LogP contribution >= 0.6 is 0 Å². The molecule has 0 aromatic heterocycles. The lowest BCUT2D eigenvalue weighted by Gasteiger charge is -2.23. The van der Waals surface area contributed by atoms with Crippen LogP contribution in [0.5, 0.6) is 0 Å². The van der Waals surface area contributed by atoms with Crippen LogP contribution < -0.4 is 9.73 Å². The number of nitrogens with one attached hydrogen (secondary N) is 1. The number of para-hydroxylation sites is 2. The third kappa shape index (κ3) is 5.35. The minimum Gasteiger partial charge on any atom is -0.271 e. The van der Waals surface area contributed by atoms with Gasteiger partial charge < -0.3 is 0 Å². The first kappa shape index (κ1) is 20.0. The minimum atomic E-state index is -3.70. The van der Waals surface area contributed by atoms with E-state index in [1.165, 1.54) is 18.2 Å². The van der Waals surface area contributed by atoms with Crippen LogP contribution in [0.1, 0.15) is 11.1 Å². The summed E-state index contributed by atoms with van der Waals surface area (Å²) in [7, 11) is -3.70. The van der Waals surface area contributed by atoms with Crippen molar-refractivity contribution in [3.8, 4) is 0 Å². The molecule has 0 aliphatic rings. The number of aryl methyl sites for hydroxylation is 1. The van der Waals surface area contributed by atoms with Crippen molar-refractivity contribution in [1.29, 1.82) is 0 Å². The van der Waals surface area contributed by atoms with Gasteiger partial charge in [0.15, 0.2) is 0 Å². The summed E-state index contributed by atoms with van der Waals surface area (Å²) in [6.45, 7) is 1.26. The molecular formula is C17H18N4O5S. The first-order chi connectivity index (χ1) is 12.7. The number of amides is 1. The zero-order chi connectivity index (χ0) is 20.0. The second kappa shape index (κ2) is 8.41. The topological polar surface area (TPSA) is 122 Å². The molecule has 0 spiro atoms. The van der Waals surface area contributed by atoms with E-state index in [2.05, 4.69) is 10.5 Å². The molecule has 2 aromatic rings. The van der Waals surface area contributed by atoms with Gasteiger partial charge in [0, 0.05) is 6.07 Å². The standard InChI is InChI=1S/C17H18N4O5S/c1-13-7-3-5-9-15(13)20(27(2,25)26)12-17(22)19-18-11-14-8-4-6-10-16(14)21(23)24/h3-11H,12H2,1-2H3,(H,19,22)/b18-11-. The largest absolute Gasteiger partial charge is 0.278 e. The van der Waals surface area contributed by atoms with E-state index in [9.17, 15) is 23.3 Å². The number of nitro groups is 1. The zero-order valence-electron chi connectivity index (χ0n) is 14.7. The Morgan fingerprint density at radius 3 is 2.48 bits per heavy atom. The van der Waals surface area contributed by atoms with Crippen molar-refractivity contribution < 1.29 is 18.1 Å². The van der Waals surface area contributed by atoms with Gasteiger partial charge in [-0.1, -0.05) is 30.3 Å². The number of nitrogens with zero attached hydrogens (tertiary/aromatic N) is 3. The summed E-state index contributed by atoms with van der Waals surface area (Å²) in [5, 5.41) is 14.6. The third-order valence-electron chi connectivity index (χ3n) is 3.60. The van der Waals surface area contributed by atoms with Crippen LogP contribution in [-0.4, -0.2) is 38.3 Å². The van der Waals surface area contributed by atoms with Crippen LogP contribution in [0.4, 0.5) is 11.4 Å². The lowest BCUT2D eigenvalue weighted by molar-refractivity contribution is -0.385. The minimum absolute atomic E-state index is 0.159. The summed E-state index contributed by atoms with van der Waals surface area (Å²) in [4.78, 5) is 22.5. The monoisotopic (exact) mass is 390 g/mol. The fraction of sp³-hybridized carbons (Fsp3) is 0.176. The maximum absolute atomic E-state index is 12.1. The van der Waals surface area contributed by atoms with Crippen molar-refractivity contribution in [2.75, 3.05) is 17.1 Å². The SMILES string of the molecule is Cc1ccccc1N(CC(=O)N/N=C\c1ccccc1[N+](=O)[O-])S(C)(=O)=O. The molecular weight excluding hydrogens is 372 g/mol. The van der Waals surface area contributed by atoms with E-state index in [1.54, 1.807) is 37.3 Å². The Labute approximate surface area is 156 Å². The Kier molecular flexibility index (Phi) is 6.24. The van der Waals surface area contributed by atoms with Gasteiger partial charge in [-0.2, -0.15) is 5.10 Å². The molecule has 0 fully saturated rings. The fourth-order valence-electron chi connectivity index (χ4n) is 2.33. The van der Waals surface area contributed by atoms with E-state index in [0.717, 1.165) is 16.8 Å². The molecule has 27 heavy (non-hydrogen) atoms. The molecule has 0 heterocycles. The quantitative estimate of drug-likeness (QED) is 0.439. The average Bonchev–Trinajstić information content (AvgIpc) is 2.60. The predicted octanol–water partition coefficient (Wildman–Crippen LogP) is 1.82. The van der Waals surface area contributed by atoms with Gasteiger partial charge in [0.25, 0.3) is 11.6 Å². The van der Waals surface area contributed by atoms with Gasteiger partial charge in [-0.25, -0.2) is 13.8 Å². The number of benzene rings is 2. The molecule has 142 valence electrons. The highest BCUT2D eigenvalue weighted by molar-refractivity contribution is 7.92. The molecule has 1 N–H and O–H groups in total. The van der Waals surface area contributed by atoms with Crippen molar-refractivity contribution in [1.82, 2.24) is 5.43 Å². The summed E-state index contributed by atoms with van der Waals surface area (Å²) in [6.07, 6.45) is 2.14. The number of hydrogen-bond donors (Lipinski definition) is 1. The van der Waals surface area contributed by atoms with Gasteiger partial charge in [-0.3, -0.25) is 19.2 Å². The molecule has 1 amide bonds. The Morgan fingerprint density at radius 2 is 1.85 bits per heavy atom. The van der Waals surface area contributed by atoms with Crippen molar-refractivity contribution >= 4 is 33.5 Å². The number of hydrazone groups is 1. The van der Waals surface area contributed by atoms with E-state index in [1.807, 2.05) is 0 Å². The van der Waals surface area contributed by atoms with Gasteiger partial charge in [0.2, 0.25) is 10.0 Å². The van der Waals surface area contributed by atoms with E-state index < -0.39 is 27.4 Å². The van der Waals surface area contributed by atoms with E-state index in [0.29, 0.717) is 11.3 Å². The molecule has 0 bridgehead atoms. The number of anilines is 1. The van der Waals surface area contributed by atoms with Crippen molar-refractivity contribution in [2.24, 2.45) is 5.10 Å². The summed E-state index contributed by atoms with van der Waals surface area (Å²) in [6, 6.07) is 12.7. The Morgan fingerprint density at radius 1 is 1.22 bits per heavy atom. The molecule has 10 heteroatoms. The predicted molar refractivity (Wildman–Crippen MR) is 102 cm³/mol. The molecule has 0 saturated heterocycles. The molecule has 2 aromatic carbocycles.